The first-order valence-electron chi connectivity index (χ1n) is 26.9. The first kappa shape index (κ1) is 55.2. The van der Waals surface area contributed by atoms with Gasteiger partial charge in [0.05, 0.1) is 44.2 Å². The van der Waals surface area contributed by atoms with Gasteiger partial charge in [-0.25, -0.2) is 0 Å². The minimum Gasteiger partial charge on any atom is -0.396 e. The van der Waals surface area contributed by atoms with Crippen LogP contribution in [0.15, 0.2) is 11.6 Å². The highest BCUT2D eigenvalue weighted by molar-refractivity contribution is 5.26. The predicted octanol–water partition coefficient (Wildman–Crippen LogP) is -1.96. The largest absolute Gasteiger partial charge is 0.396 e. The van der Waals surface area contributed by atoms with E-state index in [0.29, 0.717) is 43.1 Å². The monoisotopic (exact) mass is 1050 g/mol. The van der Waals surface area contributed by atoms with Crippen LogP contribution in [0.4, 0.5) is 0 Å². The van der Waals surface area contributed by atoms with Crippen molar-refractivity contribution in [2.24, 2.45) is 46.3 Å². The first-order valence-corrected chi connectivity index (χ1v) is 26.9. The lowest BCUT2D eigenvalue weighted by Crippen LogP contribution is -2.68. The van der Waals surface area contributed by atoms with E-state index in [1.165, 1.54) is 19.4 Å². The molecule has 12 N–H and O–H groups in total. The van der Waals surface area contributed by atoms with Gasteiger partial charge in [0, 0.05) is 24.9 Å². The molecule has 6 aliphatic heterocycles. The molecule has 22 heteroatoms. The van der Waals surface area contributed by atoms with Crippen molar-refractivity contribution < 1.29 is 109 Å². The maximum Gasteiger partial charge on any atom is 0.187 e. The van der Waals surface area contributed by atoms with Gasteiger partial charge in [-0.3, -0.25) is 0 Å². The van der Waals surface area contributed by atoms with E-state index < -0.39 is 148 Å². The average Bonchev–Trinajstić information content (AvgIpc) is 3.82. The fraction of sp³-hybridized carbons (Fsp3) is 0.961. The van der Waals surface area contributed by atoms with Crippen LogP contribution in [0, 0.1) is 46.3 Å². The summed E-state index contributed by atoms with van der Waals surface area (Å²) in [6, 6.07) is 0. The molecule has 3 saturated carbocycles. The number of fused-ring (bicyclic) bond motifs is 7. The van der Waals surface area contributed by atoms with Gasteiger partial charge in [0.1, 0.15) is 85.5 Å². The zero-order valence-electron chi connectivity index (χ0n) is 42.4. The predicted molar refractivity (Wildman–Crippen MR) is 247 cm³/mol. The van der Waals surface area contributed by atoms with Crippen LogP contribution in [0.5, 0.6) is 0 Å². The average molecular weight is 1050 g/mol. The lowest BCUT2D eigenvalue weighted by molar-refractivity contribution is -0.401. The molecule has 0 aromatic carbocycles. The summed E-state index contributed by atoms with van der Waals surface area (Å²) in [6.07, 6.45) is -22.4. The van der Waals surface area contributed by atoms with Crippen LogP contribution in [-0.4, -0.2) is 229 Å². The first-order chi connectivity index (χ1) is 34.7. The Bertz CT molecular complexity index is 1920. The second-order valence-electron chi connectivity index (χ2n) is 23.8. The quantitative estimate of drug-likeness (QED) is 0.1000. The fourth-order valence-electron chi connectivity index (χ4n) is 15.5. The summed E-state index contributed by atoms with van der Waals surface area (Å²) in [6.45, 7) is 9.17. The Balaban J connectivity index is 0.860. The molecule has 22 nitrogen and oxygen atoms in total. The summed E-state index contributed by atoms with van der Waals surface area (Å²) < 4.78 is 62.3. The van der Waals surface area contributed by atoms with Gasteiger partial charge in [-0.1, -0.05) is 32.4 Å². The number of aliphatic hydroxyl groups is 12. The van der Waals surface area contributed by atoms with Gasteiger partial charge in [0.15, 0.2) is 30.9 Å². The van der Waals surface area contributed by atoms with Crippen LogP contribution in [-0.2, 0) is 47.4 Å². The second-order valence-corrected chi connectivity index (χ2v) is 23.8. The highest BCUT2D eigenvalue weighted by atomic mass is 16.8. The van der Waals surface area contributed by atoms with Crippen molar-refractivity contribution in [2.45, 2.75) is 233 Å². The minimum absolute atomic E-state index is 0.0917. The SMILES string of the molecule is CC1OC(OC2C(O)C(OC3CCC4(C)C(=CCC5C4CCC4(C)C5CC5OC6(CCC(CO)CO6)C(C)C54)C3)OC(CO)C2OC2OC(C)C(O)C(O)C2OC2OC(CO)C(O)C(O)C2O)C(O)C(O)C1O. The van der Waals surface area contributed by atoms with Crippen molar-refractivity contribution in [3.63, 3.8) is 0 Å². The van der Waals surface area contributed by atoms with Crippen molar-refractivity contribution in [3.05, 3.63) is 11.6 Å². The Hall–Kier alpha value is -1.14. The summed E-state index contributed by atoms with van der Waals surface area (Å²) in [5.41, 5.74) is 1.31. The van der Waals surface area contributed by atoms with E-state index >= 15 is 0 Å². The summed E-state index contributed by atoms with van der Waals surface area (Å²) in [7, 11) is 0. The summed E-state index contributed by atoms with van der Waals surface area (Å²) in [4.78, 5) is 0. The highest BCUT2D eigenvalue weighted by Crippen LogP contribution is 2.71. The van der Waals surface area contributed by atoms with Crippen LogP contribution in [0.25, 0.3) is 0 Å². The van der Waals surface area contributed by atoms with Crippen LogP contribution >= 0.6 is 0 Å². The molecule has 31 atom stereocenters. The van der Waals surface area contributed by atoms with Gasteiger partial charge < -0.3 is 109 Å². The normalized spacial score (nSPS) is 57.1. The minimum atomic E-state index is -1.92. The molecule has 31 unspecified atom stereocenters. The molecule has 0 amide bonds. The van der Waals surface area contributed by atoms with Gasteiger partial charge in [0.25, 0.3) is 0 Å². The van der Waals surface area contributed by atoms with E-state index in [1.807, 2.05) is 0 Å². The summed E-state index contributed by atoms with van der Waals surface area (Å²) >= 11 is 0. The molecule has 6 heterocycles. The molecule has 9 fully saturated rings. The molecule has 10 aliphatic rings. The molecule has 0 bridgehead atoms. The van der Waals surface area contributed by atoms with E-state index in [4.69, 9.17) is 47.4 Å². The number of hydrogen-bond acceptors (Lipinski definition) is 22. The van der Waals surface area contributed by atoms with Crippen LogP contribution in [0.3, 0.4) is 0 Å². The number of ether oxygens (including phenoxy) is 10. The van der Waals surface area contributed by atoms with E-state index in [2.05, 4.69) is 26.8 Å². The molecule has 73 heavy (non-hydrogen) atoms. The van der Waals surface area contributed by atoms with Gasteiger partial charge in [-0.2, -0.15) is 0 Å². The van der Waals surface area contributed by atoms with Crippen molar-refractivity contribution in [3.8, 4) is 0 Å². The Morgan fingerprint density at radius 3 is 1.86 bits per heavy atom. The maximum atomic E-state index is 12.3. The number of allylic oxidation sites excluding steroid dienone is 1. The van der Waals surface area contributed by atoms with Crippen LogP contribution in [0.1, 0.15) is 92.4 Å². The molecule has 0 radical (unpaired) electrons. The third-order valence-corrected chi connectivity index (χ3v) is 19.9. The van der Waals surface area contributed by atoms with Crippen molar-refractivity contribution in [2.75, 3.05) is 26.4 Å². The van der Waals surface area contributed by atoms with Gasteiger partial charge in [-0.15, -0.1) is 0 Å². The summed E-state index contributed by atoms with van der Waals surface area (Å²) in [5.74, 6) is 1.66. The number of rotatable bonds is 11. The maximum absolute atomic E-state index is 12.3. The Kier molecular flexibility index (Phi) is 16.0. The van der Waals surface area contributed by atoms with Crippen molar-refractivity contribution in [1.82, 2.24) is 0 Å². The Labute approximate surface area is 425 Å². The highest BCUT2D eigenvalue weighted by Gasteiger charge is 2.69. The van der Waals surface area contributed by atoms with Gasteiger partial charge in [-0.05, 0) is 99.7 Å². The second kappa shape index (κ2) is 21.2. The third-order valence-electron chi connectivity index (χ3n) is 19.9. The topological polar surface area (TPSA) is 335 Å². The van der Waals surface area contributed by atoms with E-state index in [-0.39, 0.29) is 35.4 Å². The zero-order chi connectivity index (χ0) is 52.2. The lowest BCUT2D eigenvalue weighted by Gasteiger charge is -2.58. The van der Waals surface area contributed by atoms with E-state index in [0.717, 1.165) is 44.9 Å². The molecule has 6 saturated heterocycles. The molecule has 1 spiro atoms. The zero-order valence-corrected chi connectivity index (χ0v) is 42.4. The van der Waals surface area contributed by atoms with Gasteiger partial charge >= 0.3 is 0 Å². The van der Waals surface area contributed by atoms with Gasteiger partial charge in [0.2, 0.25) is 0 Å². The molecule has 4 aliphatic carbocycles. The third kappa shape index (κ3) is 9.42. The molecule has 10 rings (SSSR count). The van der Waals surface area contributed by atoms with Crippen molar-refractivity contribution in [1.29, 1.82) is 0 Å². The standard InChI is InChI=1S/C51H82O22/c1-20-32-29(73-51(20)13-8-23(16-52)19-64-51)15-28-26-7-6-24-14-25(9-11-49(24,4)27(26)10-12-50(28,32)5)67-47-41(63)43(71-45-39(61)36(58)33(55)21(2)65-45)42(31(18-54)69-47)70-48-44(38(60)34(56)22(3)66-48)72-46-40(62)37(59)35(57)30(17-53)68-46/h6,20-23,25-48,52-63H,7-19H2,1-5H3. The van der Waals surface area contributed by atoms with Crippen LogP contribution in [0.2, 0.25) is 0 Å². The number of hydrogen-bond donors (Lipinski definition) is 12. The molecule has 418 valence electrons. The lowest BCUT2D eigenvalue weighted by atomic mass is 9.47. The number of aliphatic hydroxyl groups excluding tert-OH is 12. The summed E-state index contributed by atoms with van der Waals surface area (Å²) in [5, 5.41) is 129. The molecular weight excluding hydrogens is 965 g/mol. The van der Waals surface area contributed by atoms with E-state index in [9.17, 15) is 61.3 Å². The Morgan fingerprint density at radius 1 is 0.575 bits per heavy atom. The van der Waals surface area contributed by atoms with Crippen molar-refractivity contribution >= 4 is 0 Å². The Morgan fingerprint density at radius 2 is 1.19 bits per heavy atom. The molecular formula is C51H82O22. The van der Waals surface area contributed by atoms with E-state index in [1.54, 1.807) is 0 Å². The fourth-order valence-corrected chi connectivity index (χ4v) is 15.5. The van der Waals surface area contributed by atoms with Crippen LogP contribution < -0.4 is 0 Å². The molecule has 0 aromatic rings. The smallest absolute Gasteiger partial charge is 0.187 e. The molecule has 0 aromatic heterocycles.